The summed E-state index contributed by atoms with van der Waals surface area (Å²) >= 11 is 0. The molecule has 1 aromatic carbocycles. The molecule has 0 heterocycles. The number of nitrogens with zero attached hydrogens (tertiary/aromatic N) is 1. The number of nitriles is 1. The summed E-state index contributed by atoms with van der Waals surface area (Å²) < 4.78 is 17.7. The van der Waals surface area contributed by atoms with Gasteiger partial charge in [-0.3, -0.25) is 0 Å². The quantitative estimate of drug-likeness (QED) is 0.737. The van der Waals surface area contributed by atoms with E-state index < -0.39 is 18.4 Å². The number of benzene rings is 1. The molecule has 0 saturated heterocycles. The van der Waals surface area contributed by atoms with Crippen LogP contribution in [0.25, 0.3) is 0 Å². The zero-order valence-electron chi connectivity index (χ0n) is 7.95. The molecule has 4 nitrogen and oxygen atoms in total. The number of hydrogen-bond donors (Lipinski definition) is 1. The molecule has 0 unspecified atom stereocenters. The minimum absolute atomic E-state index is 0.0402. The summed E-state index contributed by atoms with van der Waals surface area (Å²) in [5, 5.41) is 17.5. The van der Waals surface area contributed by atoms with E-state index in [4.69, 9.17) is 10.4 Å². The SMILES string of the molecule is COC(=O)c1c(F)cc(C#N)cc1CO. The van der Waals surface area contributed by atoms with Gasteiger partial charge >= 0.3 is 5.97 Å². The summed E-state index contributed by atoms with van der Waals surface area (Å²) in [7, 11) is 1.11. The Bertz CT molecular complexity index is 437. The van der Waals surface area contributed by atoms with Gasteiger partial charge in [0.1, 0.15) is 11.4 Å². The molecule has 15 heavy (non-hydrogen) atoms. The van der Waals surface area contributed by atoms with E-state index in [0.717, 1.165) is 13.2 Å². The second kappa shape index (κ2) is 4.53. The standard InChI is InChI=1S/C10H8FNO3/c1-15-10(14)9-7(5-13)2-6(4-12)3-8(9)11/h2-3,13H,5H2,1H3. The highest BCUT2D eigenvalue weighted by atomic mass is 19.1. The first-order valence-electron chi connectivity index (χ1n) is 4.05. The largest absolute Gasteiger partial charge is 0.465 e. The molecule has 0 aliphatic carbocycles. The highest BCUT2D eigenvalue weighted by Gasteiger charge is 2.18. The Morgan fingerprint density at radius 2 is 2.33 bits per heavy atom. The summed E-state index contributed by atoms with van der Waals surface area (Å²) in [5.74, 6) is -1.74. The molecule has 0 spiro atoms. The van der Waals surface area contributed by atoms with Crippen molar-refractivity contribution in [2.45, 2.75) is 6.61 Å². The Morgan fingerprint density at radius 1 is 1.67 bits per heavy atom. The molecule has 0 atom stereocenters. The lowest BCUT2D eigenvalue weighted by Crippen LogP contribution is -2.09. The van der Waals surface area contributed by atoms with Crippen molar-refractivity contribution in [2.75, 3.05) is 7.11 Å². The Kier molecular flexibility index (Phi) is 3.37. The normalized spacial score (nSPS) is 9.47. The van der Waals surface area contributed by atoms with Gasteiger partial charge in [0.15, 0.2) is 0 Å². The van der Waals surface area contributed by atoms with Crippen LogP contribution in [0.1, 0.15) is 21.5 Å². The molecule has 5 heteroatoms. The molecule has 1 N–H and O–H groups in total. The second-order valence-corrected chi connectivity index (χ2v) is 2.75. The van der Waals surface area contributed by atoms with Crippen molar-refractivity contribution in [2.24, 2.45) is 0 Å². The first-order chi connectivity index (χ1) is 7.13. The van der Waals surface area contributed by atoms with E-state index in [0.29, 0.717) is 0 Å². The lowest BCUT2D eigenvalue weighted by Gasteiger charge is -2.06. The molecule has 0 saturated carbocycles. The maximum atomic E-state index is 13.4. The van der Waals surface area contributed by atoms with Crippen molar-refractivity contribution >= 4 is 5.97 Å². The highest BCUT2D eigenvalue weighted by molar-refractivity contribution is 5.91. The van der Waals surface area contributed by atoms with E-state index in [1.165, 1.54) is 6.07 Å². The van der Waals surface area contributed by atoms with Gasteiger partial charge in [-0.1, -0.05) is 0 Å². The van der Waals surface area contributed by atoms with Gasteiger partial charge in [0.05, 0.1) is 25.3 Å². The number of methoxy groups -OCH3 is 1. The predicted octanol–water partition coefficient (Wildman–Crippen LogP) is 0.976. The number of ether oxygens (including phenoxy) is 1. The maximum absolute atomic E-state index is 13.4. The minimum Gasteiger partial charge on any atom is -0.465 e. The van der Waals surface area contributed by atoms with Crippen LogP contribution in [-0.4, -0.2) is 18.2 Å². The van der Waals surface area contributed by atoms with Gasteiger partial charge in [0, 0.05) is 0 Å². The average Bonchev–Trinajstić information content (AvgIpc) is 2.26. The third kappa shape index (κ3) is 2.11. The van der Waals surface area contributed by atoms with Crippen LogP contribution >= 0.6 is 0 Å². The third-order valence-electron chi connectivity index (χ3n) is 1.86. The van der Waals surface area contributed by atoms with Crippen molar-refractivity contribution in [3.8, 4) is 6.07 Å². The van der Waals surface area contributed by atoms with E-state index in [9.17, 15) is 9.18 Å². The number of esters is 1. The highest BCUT2D eigenvalue weighted by Crippen LogP contribution is 2.17. The molecule has 0 aliphatic heterocycles. The fourth-order valence-electron chi connectivity index (χ4n) is 1.18. The fraction of sp³-hybridized carbons (Fsp3) is 0.200. The van der Waals surface area contributed by atoms with Crippen molar-refractivity contribution in [1.29, 1.82) is 5.26 Å². The molecule has 0 bridgehead atoms. The summed E-state index contributed by atoms with van der Waals surface area (Å²) in [6, 6.07) is 3.89. The zero-order valence-corrected chi connectivity index (χ0v) is 7.95. The van der Waals surface area contributed by atoms with Gasteiger partial charge in [-0.2, -0.15) is 5.26 Å². The average molecular weight is 209 g/mol. The summed E-state index contributed by atoms with van der Waals surface area (Å²) in [6.07, 6.45) is 0. The topological polar surface area (TPSA) is 70.3 Å². The van der Waals surface area contributed by atoms with Crippen LogP contribution in [0.3, 0.4) is 0 Å². The number of carbonyl (C=O) groups excluding carboxylic acids is 1. The van der Waals surface area contributed by atoms with E-state index in [-0.39, 0.29) is 16.7 Å². The monoisotopic (exact) mass is 209 g/mol. The Balaban J connectivity index is 3.39. The minimum atomic E-state index is -0.874. The first-order valence-corrected chi connectivity index (χ1v) is 4.05. The number of aliphatic hydroxyl groups excluding tert-OH is 1. The Labute approximate surface area is 85.5 Å². The summed E-state index contributed by atoms with van der Waals surface area (Å²) in [4.78, 5) is 11.2. The summed E-state index contributed by atoms with van der Waals surface area (Å²) in [6.45, 7) is -0.531. The molecule has 0 radical (unpaired) electrons. The van der Waals surface area contributed by atoms with Gasteiger partial charge < -0.3 is 9.84 Å². The van der Waals surface area contributed by atoms with Crippen LogP contribution < -0.4 is 0 Å². The van der Waals surface area contributed by atoms with Crippen molar-refractivity contribution < 1.29 is 19.0 Å². The van der Waals surface area contributed by atoms with Crippen LogP contribution in [0, 0.1) is 17.1 Å². The number of carbonyl (C=O) groups is 1. The van der Waals surface area contributed by atoms with Crippen LogP contribution in [0.15, 0.2) is 12.1 Å². The van der Waals surface area contributed by atoms with Crippen LogP contribution in [0.2, 0.25) is 0 Å². The van der Waals surface area contributed by atoms with Crippen molar-refractivity contribution in [1.82, 2.24) is 0 Å². The van der Waals surface area contributed by atoms with Gasteiger partial charge in [-0.05, 0) is 17.7 Å². The third-order valence-corrected chi connectivity index (χ3v) is 1.86. The van der Waals surface area contributed by atoms with Gasteiger partial charge in [0.2, 0.25) is 0 Å². The molecule has 0 aliphatic rings. The lowest BCUT2D eigenvalue weighted by atomic mass is 10.0. The molecule has 0 amide bonds. The van der Waals surface area contributed by atoms with E-state index in [2.05, 4.69) is 4.74 Å². The molecule has 1 rings (SSSR count). The van der Waals surface area contributed by atoms with Crippen LogP contribution in [0.5, 0.6) is 0 Å². The number of aliphatic hydroxyl groups is 1. The molecule has 78 valence electrons. The number of rotatable bonds is 2. The molecular formula is C10H8FNO3. The van der Waals surface area contributed by atoms with E-state index in [1.807, 2.05) is 0 Å². The van der Waals surface area contributed by atoms with Crippen LogP contribution in [-0.2, 0) is 11.3 Å². The lowest BCUT2D eigenvalue weighted by molar-refractivity contribution is 0.0591. The zero-order chi connectivity index (χ0) is 11.4. The second-order valence-electron chi connectivity index (χ2n) is 2.75. The Morgan fingerprint density at radius 3 is 2.80 bits per heavy atom. The first kappa shape index (κ1) is 11.1. The van der Waals surface area contributed by atoms with Crippen molar-refractivity contribution in [3.63, 3.8) is 0 Å². The Hall–Kier alpha value is -1.93. The van der Waals surface area contributed by atoms with Crippen LogP contribution in [0.4, 0.5) is 4.39 Å². The van der Waals surface area contributed by atoms with Crippen molar-refractivity contribution in [3.05, 3.63) is 34.6 Å². The van der Waals surface area contributed by atoms with E-state index in [1.54, 1.807) is 6.07 Å². The number of halogens is 1. The molecular weight excluding hydrogens is 201 g/mol. The van der Waals surface area contributed by atoms with Gasteiger partial charge in [0.25, 0.3) is 0 Å². The summed E-state index contributed by atoms with van der Waals surface area (Å²) in [5.41, 5.74) is -0.249. The van der Waals surface area contributed by atoms with Gasteiger partial charge in [-0.25, -0.2) is 9.18 Å². The van der Waals surface area contributed by atoms with Gasteiger partial charge in [-0.15, -0.1) is 0 Å². The number of hydrogen-bond acceptors (Lipinski definition) is 4. The maximum Gasteiger partial charge on any atom is 0.341 e. The van der Waals surface area contributed by atoms with E-state index >= 15 is 0 Å². The smallest absolute Gasteiger partial charge is 0.341 e. The molecule has 0 fully saturated rings. The molecule has 1 aromatic rings. The predicted molar refractivity (Wildman–Crippen MR) is 48.4 cm³/mol. The molecule has 0 aromatic heterocycles. The fourth-order valence-corrected chi connectivity index (χ4v) is 1.18.